The summed E-state index contributed by atoms with van der Waals surface area (Å²) in [6.45, 7) is 6.37. The Morgan fingerprint density at radius 1 is 1.38 bits per heavy atom. The number of aromatic amines is 1. The number of nitrogens with one attached hydrogen (secondary N) is 3. The second-order valence-corrected chi connectivity index (χ2v) is 6.42. The number of hydrogen-bond acceptors (Lipinski definition) is 4. The number of H-pyrrole nitrogens is 1. The van der Waals surface area contributed by atoms with Gasteiger partial charge >= 0.3 is 0 Å². The van der Waals surface area contributed by atoms with E-state index in [9.17, 15) is 8.42 Å². The largest absolute Gasteiger partial charge is 0.349 e. The van der Waals surface area contributed by atoms with Crippen LogP contribution in [0.4, 0.5) is 5.69 Å². The minimum absolute atomic E-state index is 0.269. The van der Waals surface area contributed by atoms with Crippen LogP contribution in [-0.4, -0.2) is 29.7 Å². The Morgan fingerprint density at radius 3 is 2.81 bits per heavy atom. The van der Waals surface area contributed by atoms with E-state index >= 15 is 0 Å². The first kappa shape index (κ1) is 15.6. The molecule has 0 saturated carbocycles. The highest BCUT2D eigenvalue weighted by Crippen LogP contribution is 2.18. The van der Waals surface area contributed by atoms with E-state index in [4.69, 9.17) is 0 Å². The first-order valence-corrected chi connectivity index (χ1v) is 8.46. The normalized spacial score (nSPS) is 11.7. The topological polar surface area (TPSA) is 91.8 Å². The Hall–Kier alpha value is -1.80. The van der Waals surface area contributed by atoms with Gasteiger partial charge in [-0.2, -0.15) is 5.10 Å². The van der Waals surface area contributed by atoms with E-state index in [-0.39, 0.29) is 4.90 Å². The van der Waals surface area contributed by atoms with Gasteiger partial charge in [-0.25, -0.2) is 8.42 Å². The molecular formula is C13H21N5O2S. The summed E-state index contributed by atoms with van der Waals surface area (Å²) in [6.07, 6.45) is 5.56. The highest BCUT2D eigenvalue weighted by molar-refractivity contribution is 7.92. The molecule has 0 atom stereocenters. The van der Waals surface area contributed by atoms with Gasteiger partial charge in [-0.15, -0.1) is 0 Å². The van der Waals surface area contributed by atoms with E-state index in [1.807, 2.05) is 11.5 Å². The smallest absolute Gasteiger partial charge is 0.263 e. The second kappa shape index (κ2) is 6.77. The summed E-state index contributed by atoms with van der Waals surface area (Å²) < 4.78 is 29.2. The van der Waals surface area contributed by atoms with Crippen molar-refractivity contribution >= 4 is 15.7 Å². The third kappa shape index (κ3) is 3.85. The molecule has 21 heavy (non-hydrogen) atoms. The zero-order valence-corrected chi connectivity index (χ0v) is 13.1. The molecule has 116 valence electrons. The Bertz CT molecular complexity index is 661. The van der Waals surface area contributed by atoms with Gasteiger partial charge in [0.1, 0.15) is 4.90 Å². The molecule has 2 rings (SSSR count). The SMILES string of the molecule is CCCn1cc(S(=O)(=O)Nc2cn[nH]c2)cc1CNCC. The summed E-state index contributed by atoms with van der Waals surface area (Å²) in [6, 6.07) is 1.71. The molecular weight excluding hydrogens is 290 g/mol. The van der Waals surface area contributed by atoms with Crippen molar-refractivity contribution in [3.8, 4) is 0 Å². The van der Waals surface area contributed by atoms with Gasteiger partial charge < -0.3 is 9.88 Å². The lowest BCUT2D eigenvalue weighted by atomic mass is 10.4. The number of sulfonamides is 1. The number of rotatable bonds is 8. The summed E-state index contributed by atoms with van der Waals surface area (Å²) in [5.41, 5.74) is 1.39. The fraction of sp³-hybridized carbons (Fsp3) is 0.462. The molecule has 0 aliphatic carbocycles. The van der Waals surface area contributed by atoms with Gasteiger partial charge in [-0.1, -0.05) is 13.8 Å². The van der Waals surface area contributed by atoms with Crippen LogP contribution < -0.4 is 10.0 Å². The zero-order valence-electron chi connectivity index (χ0n) is 12.3. The van der Waals surface area contributed by atoms with Gasteiger partial charge in [0.25, 0.3) is 10.0 Å². The molecule has 0 aromatic carbocycles. The summed E-state index contributed by atoms with van der Waals surface area (Å²) in [7, 11) is -3.59. The van der Waals surface area contributed by atoms with E-state index < -0.39 is 10.0 Å². The molecule has 2 aromatic rings. The van der Waals surface area contributed by atoms with Gasteiger partial charge in [0.2, 0.25) is 0 Å². The van der Waals surface area contributed by atoms with E-state index in [1.165, 1.54) is 12.4 Å². The van der Waals surface area contributed by atoms with E-state index in [1.54, 1.807) is 12.3 Å². The molecule has 0 bridgehead atoms. The van der Waals surface area contributed by atoms with Gasteiger partial charge in [0.05, 0.1) is 11.9 Å². The third-order valence-electron chi connectivity index (χ3n) is 3.04. The van der Waals surface area contributed by atoms with Crippen molar-refractivity contribution < 1.29 is 8.42 Å². The molecule has 2 aromatic heterocycles. The zero-order chi connectivity index (χ0) is 15.3. The van der Waals surface area contributed by atoms with Crippen LogP contribution in [0.3, 0.4) is 0 Å². The van der Waals surface area contributed by atoms with Crippen LogP contribution in [0, 0.1) is 0 Å². The van der Waals surface area contributed by atoms with Crippen LogP contribution in [0.2, 0.25) is 0 Å². The first-order chi connectivity index (χ1) is 10.1. The van der Waals surface area contributed by atoms with Gasteiger partial charge in [0, 0.05) is 31.2 Å². The van der Waals surface area contributed by atoms with Crippen LogP contribution in [0.5, 0.6) is 0 Å². The highest BCUT2D eigenvalue weighted by atomic mass is 32.2. The average Bonchev–Trinajstić information content (AvgIpc) is 3.06. The van der Waals surface area contributed by atoms with Crippen molar-refractivity contribution in [2.24, 2.45) is 0 Å². The van der Waals surface area contributed by atoms with Gasteiger partial charge in [-0.3, -0.25) is 9.82 Å². The van der Waals surface area contributed by atoms with E-state index in [0.29, 0.717) is 12.2 Å². The van der Waals surface area contributed by atoms with Crippen molar-refractivity contribution in [3.05, 3.63) is 30.4 Å². The lowest BCUT2D eigenvalue weighted by molar-refractivity contribution is 0.598. The molecule has 0 unspecified atom stereocenters. The lowest BCUT2D eigenvalue weighted by Gasteiger charge is -2.07. The van der Waals surface area contributed by atoms with Crippen LogP contribution in [-0.2, 0) is 23.1 Å². The number of anilines is 1. The monoisotopic (exact) mass is 311 g/mol. The van der Waals surface area contributed by atoms with Crippen molar-refractivity contribution in [3.63, 3.8) is 0 Å². The van der Waals surface area contributed by atoms with Crippen LogP contribution in [0.25, 0.3) is 0 Å². The Balaban J connectivity index is 2.25. The maximum absolute atomic E-state index is 12.4. The second-order valence-electron chi connectivity index (χ2n) is 4.73. The van der Waals surface area contributed by atoms with Crippen LogP contribution in [0.1, 0.15) is 26.0 Å². The Labute approximate surface area is 124 Å². The molecule has 0 aliphatic rings. The van der Waals surface area contributed by atoms with E-state index in [2.05, 4.69) is 27.2 Å². The molecule has 0 amide bonds. The molecule has 8 heteroatoms. The first-order valence-electron chi connectivity index (χ1n) is 6.98. The standard InChI is InChI=1S/C13H21N5O2S/c1-3-5-18-10-13(6-12(18)9-14-4-2)21(19,20)17-11-7-15-16-8-11/h6-8,10,14,17H,3-5,9H2,1-2H3,(H,15,16). The van der Waals surface area contributed by atoms with Crippen molar-refractivity contribution in [2.45, 2.75) is 38.3 Å². The molecule has 0 spiro atoms. The fourth-order valence-corrected chi connectivity index (χ4v) is 3.14. The summed E-state index contributed by atoms with van der Waals surface area (Å²) in [5, 5.41) is 9.52. The number of hydrogen-bond donors (Lipinski definition) is 3. The molecule has 2 heterocycles. The molecule has 0 radical (unpaired) electrons. The van der Waals surface area contributed by atoms with Gasteiger partial charge in [-0.05, 0) is 19.0 Å². The van der Waals surface area contributed by atoms with E-state index in [0.717, 1.165) is 25.2 Å². The number of nitrogens with zero attached hydrogens (tertiary/aromatic N) is 2. The maximum Gasteiger partial charge on any atom is 0.263 e. The number of aromatic nitrogens is 3. The fourth-order valence-electron chi connectivity index (χ4n) is 2.04. The minimum Gasteiger partial charge on any atom is -0.349 e. The predicted molar refractivity (Wildman–Crippen MR) is 81.5 cm³/mol. The minimum atomic E-state index is -3.59. The van der Waals surface area contributed by atoms with Crippen LogP contribution in [0.15, 0.2) is 29.6 Å². The number of aryl methyl sites for hydroxylation is 1. The summed E-state index contributed by atoms with van der Waals surface area (Å²) in [5.74, 6) is 0. The predicted octanol–water partition coefficient (Wildman–Crippen LogP) is 1.53. The van der Waals surface area contributed by atoms with Gasteiger partial charge in [0.15, 0.2) is 0 Å². The molecule has 0 aliphatic heterocycles. The quantitative estimate of drug-likeness (QED) is 0.689. The van der Waals surface area contributed by atoms with Crippen molar-refractivity contribution in [2.75, 3.05) is 11.3 Å². The Morgan fingerprint density at radius 2 is 2.19 bits per heavy atom. The molecule has 7 nitrogen and oxygen atoms in total. The maximum atomic E-state index is 12.4. The molecule has 0 saturated heterocycles. The Kier molecular flexibility index (Phi) is 5.03. The molecule has 0 fully saturated rings. The summed E-state index contributed by atoms with van der Waals surface area (Å²) >= 11 is 0. The van der Waals surface area contributed by atoms with Crippen molar-refractivity contribution in [1.29, 1.82) is 0 Å². The third-order valence-corrected chi connectivity index (χ3v) is 4.39. The highest BCUT2D eigenvalue weighted by Gasteiger charge is 2.18. The summed E-state index contributed by atoms with van der Waals surface area (Å²) in [4.78, 5) is 0.269. The average molecular weight is 311 g/mol. The lowest BCUT2D eigenvalue weighted by Crippen LogP contribution is -2.15. The van der Waals surface area contributed by atoms with Crippen molar-refractivity contribution in [1.82, 2.24) is 20.1 Å². The molecule has 3 N–H and O–H groups in total. The van der Waals surface area contributed by atoms with Crippen LogP contribution >= 0.6 is 0 Å².